The monoisotopic (exact) mass is 283 g/mol. The minimum atomic E-state index is -2.58. The minimum Gasteiger partial charge on any atom is -0.338 e. The van der Waals surface area contributed by atoms with Gasteiger partial charge >= 0.3 is 6.55 Å². The maximum atomic E-state index is 12.7. The highest BCUT2D eigenvalue weighted by Crippen LogP contribution is 2.38. The Bertz CT molecular complexity index is 578. The lowest BCUT2D eigenvalue weighted by Gasteiger charge is -2.14. The van der Waals surface area contributed by atoms with E-state index in [0.717, 1.165) is 23.2 Å². The molecular formula is C12H15F2N5O. The first-order valence-electron chi connectivity index (χ1n) is 6.44. The Hall–Kier alpha value is -1.83. The maximum Gasteiger partial charge on any atom is 0.319 e. The van der Waals surface area contributed by atoms with Crippen molar-refractivity contribution >= 4 is 0 Å². The second kappa shape index (κ2) is 5.28. The van der Waals surface area contributed by atoms with Crippen LogP contribution in [0.1, 0.15) is 42.8 Å². The van der Waals surface area contributed by atoms with Gasteiger partial charge in [-0.1, -0.05) is 5.16 Å². The van der Waals surface area contributed by atoms with Crippen molar-refractivity contribution in [2.24, 2.45) is 0 Å². The predicted molar refractivity (Wildman–Crippen MR) is 64.9 cm³/mol. The van der Waals surface area contributed by atoms with Gasteiger partial charge in [-0.2, -0.15) is 13.8 Å². The van der Waals surface area contributed by atoms with Crippen LogP contribution in [-0.2, 0) is 13.1 Å². The Kier molecular flexibility index (Phi) is 3.47. The van der Waals surface area contributed by atoms with E-state index in [4.69, 9.17) is 4.52 Å². The van der Waals surface area contributed by atoms with Gasteiger partial charge in [0, 0.05) is 18.3 Å². The fourth-order valence-corrected chi connectivity index (χ4v) is 2.01. The number of hydrogen-bond donors (Lipinski definition) is 0. The van der Waals surface area contributed by atoms with E-state index in [1.165, 1.54) is 12.4 Å². The largest absolute Gasteiger partial charge is 0.338 e. The van der Waals surface area contributed by atoms with Gasteiger partial charge in [-0.25, -0.2) is 4.98 Å². The van der Waals surface area contributed by atoms with Gasteiger partial charge in [0.1, 0.15) is 5.82 Å². The quantitative estimate of drug-likeness (QED) is 0.813. The molecule has 0 radical (unpaired) electrons. The molecule has 108 valence electrons. The van der Waals surface area contributed by atoms with E-state index < -0.39 is 6.55 Å². The van der Waals surface area contributed by atoms with Crippen molar-refractivity contribution in [3.8, 4) is 0 Å². The van der Waals surface area contributed by atoms with Crippen LogP contribution in [-0.4, -0.2) is 31.6 Å². The third-order valence-electron chi connectivity index (χ3n) is 3.20. The summed E-state index contributed by atoms with van der Waals surface area (Å²) in [5.41, 5.74) is 0. The predicted octanol–water partition coefficient (Wildman–Crippen LogP) is 2.17. The second-order valence-electron chi connectivity index (χ2n) is 5.02. The van der Waals surface area contributed by atoms with Gasteiger partial charge in [0.25, 0.3) is 0 Å². The van der Waals surface area contributed by atoms with Gasteiger partial charge in [-0.05, 0) is 19.9 Å². The summed E-state index contributed by atoms with van der Waals surface area (Å²) in [5.74, 6) is 2.01. The van der Waals surface area contributed by atoms with Crippen LogP contribution in [0.2, 0.25) is 0 Å². The summed E-state index contributed by atoms with van der Waals surface area (Å²) in [6.07, 6.45) is 4.86. The zero-order valence-electron chi connectivity index (χ0n) is 11.0. The van der Waals surface area contributed by atoms with Crippen molar-refractivity contribution < 1.29 is 13.3 Å². The lowest BCUT2D eigenvalue weighted by atomic mass is 10.4. The van der Waals surface area contributed by atoms with Crippen LogP contribution in [0.25, 0.3) is 0 Å². The zero-order valence-corrected chi connectivity index (χ0v) is 11.0. The van der Waals surface area contributed by atoms with Crippen LogP contribution >= 0.6 is 0 Å². The Morgan fingerprint density at radius 3 is 2.95 bits per heavy atom. The molecule has 20 heavy (non-hydrogen) atoms. The van der Waals surface area contributed by atoms with Crippen LogP contribution in [0.5, 0.6) is 0 Å². The van der Waals surface area contributed by atoms with Crippen LogP contribution < -0.4 is 0 Å². The van der Waals surface area contributed by atoms with Crippen molar-refractivity contribution in [2.75, 3.05) is 7.05 Å². The van der Waals surface area contributed by atoms with Crippen LogP contribution in [0, 0.1) is 0 Å². The summed E-state index contributed by atoms with van der Waals surface area (Å²) in [4.78, 5) is 10.1. The Balaban J connectivity index is 1.60. The first kappa shape index (κ1) is 13.2. The molecule has 1 aliphatic rings. The van der Waals surface area contributed by atoms with Crippen LogP contribution in [0.15, 0.2) is 16.9 Å². The minimum absolute atomic E-state index is 0.290. The molecule has 0 aliphatic heterocycles. The molecule has 0 atom stereocenters. The number of halogens is 2. The molecule has 1 fully saturated rings. The SMILES string of the molecule is CN(Cc1nc(C2CC2)no1)Cc1nccn1C(F)F. The molecule has 0 saturated heterocycles. The fraction of sp³-hybridized carbons (Fsp3) is 0.583. The van der Waals surface area contributed by atoms with E-state index in [1.807, 2.05) is 4.90 Å². The summed E-state index contributed by atoms with van der Waals surface area (Å²) in [5, 5.41) is 3.92. The lowest BCUT2D eigenvalue weighted by Crippen LogP contribution is -2.20. The molecule has 1 saturated carbocycles. The highest BCUT2D eigenvalue weighted by molar-refractivity contribution is 5.03. The molecule has 0 spiro atoms. The van der Waals surface area contributed by atoms with E-state index in [2.05, 4.69) is 15.1 Å². The number of imidazole rings is 1. The summed E-state index contributed by atoms with van der Waals surface area (Å²) in [7, 11) is 1.80. The van der Waals surface area contributed by atoms with Crippen molar-refractivity contribution in [1.29, 1.82) is 0 Å². The third kappa shape index (κ3) is 2.84. The third-order valence-corrected chi connectivity index (χ3v) is 3.20. The molecule has 8 heteroatoms. The van der Waals surface area contributed by atoms with Gasteiger partial charge in [0.15, 0.2) is 5.82 Å². The highest BCUT2D eigenvalue weighted by Gasteiger charge is 2.28. The highest BCUT2D eigenvalue weighted by atomic mass is 19.3. The number of rotatable bonds is 6. The fourth-order valence-electron chi connectivity index (χ4n) is 2.01. The molecule has 0 N–H and O–H groups in total. The normalized spacial score (nSPS) is 15.4. The average molecular weight is 283 g/mol. The van der Waals surface area contributed by atoms with Crippen molar-refractivity contribution in [3.63, 3.8) is 0 Å². The van der Waals surface area contributed by atoms with Crippen molar-refractivity contribution in [2.45, 2.75) is 38.4 Å². The first-order chi connectivity index (χ1) is 9.63. The van der Waals surface area contributed by atoms with Gasteiger partial charge in [-0.15, -0.1) is 0 Å². The lowest BCUT2D eigenvalue weighted by molar-refractivity contribution is 0.0642. The molecule has 2 aromatic rings. The molecule has 0 bridgehead atoms. The molecule has 0 unspecified atom stereocenters. The molecule has 1 aliphatic carbocycles. The van der Waals surface area contributed by atoms with Crippen LogP contribution in [0.3, 0.4) is 0 Å². The molecule has 3 rings (SSSR count). The number of aromatic nitrogens is 4. The van der Waals surface area contributed by atoms with Crippen molar-refractivity contribution in [1.82, 2.24) is 24.6 Å². The van der Waals surface area contributed by atoms with Crippen LogP contribution in [0.4, 0.5) is 8.78 Å². The Labute approximate surface area is 114 Å². The van der Waals surface area contributed by atoms with Gasteiger partial charge < -0.3 is 4.52 Å². The van der Waals surface area contributed by atoms with Gasteiger partial charge in [0.2, 0.25) is 5.89 Å². The van der Waals surface area contributed by atoms with Gasteiger partial charge in [-0.3, -0.25) is 9.47 Å². The van der Waals surface area contributed by atoms with E-state index in [9.17, 15) is 8.78 Å². The van der Waals surface area contributed by atoms with Gasteiger partial charge in [0.05, 0.1) is 13.1 Å². The van der Waals surface area contributed by atoms with E-state index in [-0.39, 0.29) is 0 Å². The van der Waals surface area contributed by atoms with Crippen molar-refractivity contribution in [3.05, 3.63) is 29.9 Å². The topological polar surface area (TPSA) is 60.0 Å². The summed E-state index contributed by atoms with van der Waals surface area (Å²) < 4.78 is 31.4. The number of nitrogens with zero attached hydrogens (tertiary/aromatic N) is 5. The molecule has 0 aromatic carbocycles. The summed E-state index contributed by atoms with van der Waals surface area (Å²) in [6.45, 7) is -1.88. The maximum absolute atomic E-state index is 12.7. The molecule has 2 aromatic heterocycles. The first-order valence-corrected chi connectivity index (χ1v) is 6.44. The Morgan fingerprint density at radius 2 is 2.25 bits per heavy atom. The molecule has 2 heterocycles. The Morgan fingerprint density at radius 1 is 1.45 bits per heavy atom. The van der Waals surface area contributed by atoms with E-state index in [0.29, 0.717) is 30.7 Å². The number of hydrogen-bond acceptors (Lipinski definition) is 5. The number of alkyl halides is 2. The average Bonchev–Trinajstić information content (AvgIpc) is 2.96. The molecular weight excluding hydrogens is 268 g/mol. The van der Waals surface area contributed by atoms with E-state index >= 15 is 0 Å². The molecule has 0 amide bonds. The smallest absolute Gasteiger partial charge is 0.319 e. The zero-order chi connectivity index (χ0) is 14.1. The second-order valence-corrected chi connectivity index (χ2v) is 5.02. The standard InChI is InChI=1S/C12H15F2N5O/c1-18(6-9-15-4-5-19(9)12(13)14)7-10-16-11(17-20-10)8-2-3-8/h4-5,8,12H,2-3,6-7H2,1H3. The summed E-state index contributed by atoms with van der Waals surface area (Å²) >= 11 is 0. The molecule has 6 nitrogen and oxygen atoms in total. The van der Waals surface area contributed by atoms with E-state index in [1.54, 1.807) is 7.05 Å². The summed E-state index contributed by atoms with van der Waals surface area (Å²) in [6, 6.07) is 0.